The zero-order valence-electron chi connectivity index (χ0n) is 11.6. The van der Waals surface area contributed by atoms with Gasteiger partial charge in [0, 0.05) is 0 Å². The summed E-state index contributed by atoms with van der Waals surface area (Å²) in [5.74, 6) is 2.55. The molecule has 6 nitrogen and oxygen atoms in total. The molecule has 0 aliphatic carbocycles. The maximum Gasteiger partial charge on any atom is 0.212 e. The summed E-state index contributed by atoms with van der Waals surface area (Å²) in [5, 5.41) is 3.82. The summed E-state index contributed by atoms with van der Waals surface area (Å²) < 4.78 is 21.2. The van der Waals surface area contributed by atoms with Gasteiger partial charge in [0.25, 0.3) is 0 Å². The van der Waals surface area contributed by atoms with Crippen molar-refractivity contribution in [3.63, 3.8) is 0 Å². The van der Waals surface area contributed by atoms with Gasteiger partial charge < -0.3 is 24.1 Å². The van der Waals surface area contributed by atoms with Crippen LogP contribution in [-0.2, 0) is 0 Å². The molecule has 0 atom stereocenters. The predicted molar refractivity (Wildman–Crippen MR) is 77.2 cm³/mol. The van der Waals surface area contributed by atoms with Gasteiger partial charge in [0.05, 0.1) is 26.0 Å². The summed E-state index contributed by atoms with van der Waals surface area (Å²) in [6.45, 7) is 0. The Balaban J connectivity index is 2.15. The summed E-state index contributed by atoms with van der Waals surface area (Å²) >= 11 is 0. The molecule has 2 aromatic heterocycles. The molecular weight excluding hydrogens is 272 g/mol. The van der Waals surface area contributed by atoms with Crippen LogP contribution in [0.25, 0.3) is 22.6 Å². The number of anilines is 1. The SMILES string of the molecule is COc1ccc(-c2c(N)noc2-c2ccco2)cc1OC. The number of rotatable bonds is 4. The van der Waals surface area contributed by atoms with E-state index in [1.807, 2.05) is 12.1 Å². The Hall–Kier alpha value is -2.89. The van der Waals surface area contributed by atoms with Gasteiger partial charge in [-0.3, -0.25) is 0 Å². The van der Waals surface area contributed by atoms with Gasteiger partial charge in [0.15, 0.2) is 23.1 Å². The highest BCUT2D eigenvalue weighted by molar-refractivity contribution is 5.85. The third-order valence-corrected chi connectivity index (χ3v) is 3.14. The summed E-state index contributed by atoms with van der Waals surface area (Å²) in [6.07, 6.45) is 1.56. The van der Waals surface area contributed by atoms with E-state index in [-0.39, 0.29) is 5.82 Å². The summed E-state index contributed by atoms with van der Waals surface area (Å²) in [6, 6.07) is 9.02. The molecule has 1 aromatic carbocycles. The highest BCUT2D eigenvalue weighted by atomic mass is 16.5. The number of nitrogen functional groups attached to an aromatic ring is 1. The first-order chi connectivity index (χ1) is 10.2. The Kier molecular flexibility index (Phi) is 3.27. The number of aromatic nitrogens is 1. The number of methoxy groups -OCH3 is 2. The standard InChI is InChI=1S/C15H14N2O4/c1-18-10-6-5-9(8-12(10)19-2)13-14(21-17-15(13)16)11-4-3-7-20-11/h3-8H,1-2H3,(H2,16,17). The van der Waals surface area contributed by atoms with Crippen molar-refractivity contribution in [1.82, 2.24) is 5.16 Å². The molecule has 0 spiro atoms. The van der Waals surface area contributed by atoms with Crippen LogP contribution >= 0.6 is 0 Å². The van der Waals surface area contributed by atoms with Crippen molar-refractivity contribution in [2.75, 3.05) is 20.0 Å². The van der Waals surface area contributed by atoms with Crippen LogP contribution in [0.4, 0.5) is 5.82 Å². The molecule has 3 aromatic rings. The van der Waals surface area contributed by atoms with Gasteiger partial charge in [0.2, 0.25) is 5.76 Å². The lowest BCUT2D eigenvalue weighted by atomic mass is 10.0. The largest absolute Gasteiger partial charge is 0.493 e. The van der Waals surface area contributed by atoms with Crippen LogP contribution in [0, 0.1) is 0 Å². The monoisotopic (exact) mass is 286 g/mol. The molecular formula is C15H14N2O4. The molecule has 2 heterocycles. The minimum atomic E-state index is 0.286. The van der Waals surface area contributed by atoms with E-state index in [0.29, 0.717) is 28.6 Å². The minimum Gasteiger partial charge on any atom is -0.493 e. The molecule has 21 heavy (non-hydrogen) atoms. The number of nitrogens with zero attached hydrogens (tertiary/aromatic N) is 1. The van der Waals surface area contributed by atoms with Gasteiger partial charge in [-0.15, -0.1) is 0 Å². The smallest absolute Gasteiger partial charge is 0.212 e. The highest BCUT2D eigenvalue weighted by Crippen LogP contribution is 2.40. The van der Waals surface area contributed by atoms with Crippen LogP contribution in [0.15, 0.2) is 45.5 Å². The molecule has 0 saturated carbocycles. The van der Waals surface area contributed by atoms with Crippen LogP contribution in [0.1, 0.15) is 0 Å². The molecule has 2 N–H and O–H groups in total. The van der Waals surface area contributed by atoms with Gasteiger partial charge in [-0.1, -0.05) is 11.2 Å². The average molecular weight is 286 g/mol. The number of hydrogen-bond donors (Lipinski definition) is 1. The van der Waals surface area contributed by atoms with E-state index < -0.39 is 0 Å². The first kappa shape index (κ1) is 13.1. The third kappa shape index (κ3) is 2.20. The normalized spacial score (nSPS) is 10.6. The molecule has 0 aliphatic heterocycles. The molecule has 0 amide bonds. The number of nitrogens with two attached hydrogens (primary N) is 1. The maximum atomic E-state index is 5.92. The number of furan rings is 1. The lowest BCUT2D eigenvalue weighted by molar-refractivity contribution is 0.355. The van der Waals surface area contributed by atoms with E-state index in [4.69, 9.17) is 24.1 Å². The Labute approximate surface area is 121 Å². The summed E-state index contributed by atoms with van der Waals surface area (Å²) in [7, 11) is 3.16. The van der Waals surface area contributed by atoms with Gasteiger partial charge in [-0.25, -0.2) is 0 Å². The quantitative estimate of drug-likeness (QED) is 0.792. The van der Waals surface area contributed by atoms with Crippen LogP contribution < -0.4 is 15.2 Å². The summed E-state index contributed by atoms with van der Waals surface area (Å²) in [5.41, 5.74) is 7.38. The molecule has 0 aliphatic rings. The van der Waals surface area contributed by atoms with E-state index in [0.717, 1.165) is 5.56 Å². The fourth-order valence-corrected chi connectivity index (χ4v) is 2.15. The topological polar surface area (TPSA) is 83.7 Å². The van der Waals surface area contributed by atoms with E-state index in [9.17, 15) is 0 Å². The van der Waals surface area contributed by atoms with Crippen molar-refractivity contribution in [1.29, 1.82) is 0 Å². The highest BCUT2D eigenvalue weighted by Gasteiger charge is 2.20. The van der Waals surface area contributed by atoms with Crippen molar-refractivity contribution in [2.24, 2.45) is 0 Å². The molecule has 0 radical (unpaired) electrons. The number of benzene rings is 1. The Bertz CT molecular complexity index is 747. The van der Waals surface area contributed by atoms with E-state index >= 15 is 0 Å². The van der Waals surface area contributed by atoms with Gasteiger partial charge in [-0.2, -0.15) is 0 Å². The lowest BCUT2D eigenvalue weighted by Crippen LogP contribution is -1.93. The fourth-order valence-electron chi connectivity index (χ4n) is 2.15. The van der Waals surface area contributed by atoms with E-state index in [2.05, 4.69) is 5.16 Å². The van der Waals surface area contributed by atoms with Crippen LogP contribution in [-0.4, -0.2) is 19.4 Å². The minimum absolute atomic E-state index is 0.286. The van der Waals surface area contributed by atoms with Crippen molar-refractivity contribution in [2.45, 2.75) is 0 Å². The zero-order chi connectivity index (χ0) is 14.8. The first-order valence-corrected chi connectivity index (χ1v) is 6.26. The Morgan fingerprint density at radius 2 is 1.90 bits per heavy atom. The second-order valence-corrected chi connectivity index (χ2v) is 4.32. The molecule has 3 rings (SSSR count). The second kappa shape index (κ2) is 5.24. The maximum absolute atomic E-state index is 5.92. The second-order valence-electron chi connectivity index (χ2n) is 4.32. The van der Waals surface area contributed by atoms with Crippen LogP contribution in [0.5, 0.6) is 11.5 Å². The number of hydrogen-bond acceptors (Lipinski definition) is 6. The predicted octanol–water partition coefficient (Wildman–Crippen LogP) is 3.20. The third-order valence-electron chi connectivity index (χ3n) is 3.14. The van der Waals surface area contributed by atoms with Crippen molar-refractivity contribution >= 4 is 5.82 Å². The fraction of sp³-hybridized carbons (Fsp3) is 0.133. The van der Waals surface area contributed by atoms with Crippen LogP contribution in [0.2, 0.25) is 0 Å². The van der Waals surface area contributed by atoms with Gasteiger partial charge in [-0.05, 0) is 29.8 Å². The zero-order valence-corrected chi connectivity index (χ0v) is 11.6. The average Bonchev–Trinajstić information content (AvgIpc) is 3.15. The molecule has 0 saturated heterocycles. The first-order valence-electron chi connectivity index (χ1n) is 6.26. The Morgan fingerprint density at radius 1 is 1.10 bits per heavy atom. The Morgan fingerprint density at radius 3 is 2.57 bits per heavy atom. The molecule has 6 heteroatoms. The molecule has 0 fully saturated rings. The molecule has 0 bridgehead atoms. The van der Waals surface area contributed by atoms with Gasteiger partial charge in [0.1, 0.15) is 0 Å². The lowest BCUT2D eigenvalue weighted by Gasteiger charge is -2.09. The van der Waals surface area contributed by atoms with E-state index in [1.54, 1.807) is 38.7 Å². The summed E-state index contributed by atoms with van der Waals surface area (Å²) in [4.78, 5) is 0. The van der Waals surface area contributed by atoms with Gasteiger partial charge >= 0.3 is 0 Å². The van der Waals surface area contributed by atoms with Crippen molar-refractivity contribution < 1.29 is 18.4 Å². The van der Waals surface area contributed by atoms with Crippen molar-refractivity contribution in [3.05, 3.63) is 36.6 Å². The van der Waals surface area contributed by atoms with Crippen LogP contribution in [0.3, 0.4) is 0 Å². The van der Waals surface area contributed by atoms with Crippen molar-refractivity contribution in [3.8, 4) is 34.1 Å². The number of ether oxygens (including phenoxy) is 2. The molecule has 108 valence electrons. The molecule has 0 unspecified atom stereocenters. The van der Waals surface area contributed by atoms with E-state index in [1.165, 1.54) is 0 Å².